The molecule has 27 heavy (non-hydrogen) atoms. The van der Waals surface area contributed by atoms with Crippen LogP contribution in [0.25, 0.3) is 10.9 Å². The maximum Gasteiger partial charge on any atom is 0.317 e. The van der Waals surface area contributed by atoms with Crippen molar-refractivity contribution in [3.8, 4) is 0 Å². The van der Waals surface area contributed by atoms with Gasteiger partial charge in [-0.25, -0.2) is 0 Å². The number of aromatic nitrogens is 2. The number of aliphatic carboxylic acids is 1. The van der Waals surface area contributed by atoms with Crippen molar-refractivity contribution in [2.75, 3.05) is 13.1 Å². The Balaban J connectivity index is 1.30. The lowest BCUT2D eigenvalue weighted by molar-refractivity contribution is -0.140. The predicted octanol–water partition coefficient (Wildman–Crippen LogP) is 1.56. The second-order valence-corrected chi connectivity index (χ2v) is 7.92. The highest BCUT2D eigenvalue weighted by molar-refractivity contribution is 5.87. The van der Waals surface area contributed by atoms with Crippen LogP contribution in [0, 0.1) is 5.92 Å². The Morgan fingerprint density at radius 3 is 2.74 bits per heavy atom. The van der Waals surface area contributed by atoms with E-state index in [1.165, 1.54) is 12.8 Å². The Kier molecular flexibility index (Phi) is 4.86. The number of carbonyl (C=O) groups is 2. The van der Waals surface area contributed by atoms with Crippen molar-refractivity contribution in [3.63, 3.8) is 0 Å². The Morgan fingerprint density at radius 1 is 1.30 bits per heavy atom. The predicted molar refractivity (Wildman–Crippen MR) is 101 cm³/mol. The summed E-state index contributed by atoms with van der Waals surface area (Å²) in [6.45, 7) is 0.972. The smallest absolute Gasteiger partial charge is 0.317 e. The molecule has 2 N–H and O–H groups in total. The third-order valence-electron chi connectivity index (χ3n) is 5.68. The highest BCUT2D eigenvalue weighted by Gasteiger charge is 2.37. The summed E-state index contributed by atoms with van der Waals surface area (Å²) in [6.07, 6.45) is 4.34. The number of aryl methyl sites for hydroxylation is 1. The first-order chi connectivity index (χ1) is 13.0. The van der Waals surface area contributed by atoms with Crippen LogP contribution >= 0.6 is 0 Å². The van der Waals surface area contributed by atoms with E-state index in [1.807, 2.05) is 31.3 Å². The zero-order chi connectivity index (χ0) is 19.0. The van der Waals surface area contributed by atoms with Crippen LogP contribution in [0.1, 0.15) is 31.4 Å². The molecule has 2 saturated carbocycles. The molecule has 1 heterocycles. The standard InChI is InChI=1S/C20H26N4O3/c1-23-18-5-3-2-4-16(18)17(22-23)10-19(25)21-14-8-15(9-14)24(12-20(26)27)11-13-6-7-13/h2-5,13-15H,6-12H2,1H3,(H,21,25)(H,26,27). The maximum absolute atomic E-state index is 12.4. The van der Waals surface area contributed by atoms with Gasteiger partial charge in [-0.2, -0.15) is 5.10 Å². The van der Waals surface area contributed by atoms with E-state index >= 15 is 0 Å². The van der Waals surface area contributed by atoms with Gasteiger partial charge in [0, 0.05) is 31.1 Å². The first kappa shape index (κ1) is 18.0. The third-order valence-corrected chi connectivity index (χ3v) is 5.68. The Morgan fingerprint density at radius 2 is 2.04 bits per heavy atom. The van der Waals surface area contributed by atoms with E-state index in [9.17, 15) is 9.59 Å². The molecular formula is C20H26N4O3. The number of carboxylic acid groups (broad SMARTS) is 1. The van der Waals surface area contributed by atoms with Crippen LogP contribution < -0.4 is 5.32 Å². The van der Waals surface area contributed by atoms with Gasteiger partial charge in [-0.05, 0) is 37.7 Å². The zero-order valence-corrected chi connectivity index (χ0v) is 15.6. The van der Waals surface area contributed by atoms with Gasteiger partial charge in [0.25, 0.3) is 0 Å². The second-order valence-electron chi connectivity index (χ2n) is 7.92. The number of benzene rings is 1. The van der Waals surface area contributed by atoms with E-state index in [4.69, 9.17) is 5.11 Å². The van der Waals surface area contributed by atoms with Gasteiger partial charge in [0.05, 0.1) is 24.2 Å². The first-order valence-corrected chi connectivity index (χ1v) is 9.65. The SMILES string of the molecule is Cn1nc(CC(=O)NC2CC(N(CC(=O)O)CC3CC3)C2)c2ccccc21. The lowest BCUT2D eigenvalue weighted by Gasteiger charge is -2.42. The first-order valence-electron chi connectivity index (χ1n) is 9.65. The normalized spacial score (nSPS) is 22.0. The Labute approximate surface area is 158 Å². The monoisotopic (exact) mass is 370 g/mol. The molecule has 0 saturated heterocycles. The van der Waals surface area contributed by atoms with Crippen molar-refractivity contribution >= 4 is 22.8 Å². The molecule has 1 amide bonds. The van der Waals surface area contributed by atoms with Crippen LogP contribution in [0.4, 0.5) is 0 Å². The summed E-state index contributed by atoms with van der Waals surface area (Å²) >= 11 is 0. The Bertz CT molecular complexity index is 852. The highest BCUT2D eigenvalue weighted by atomic mass is 16.4. The number of amides is 1. The largest absolute Gasteiger partial charge is 0.480 e. The second kappa shape index (κ2) is 7.31. The van der Waals surface area contributed by atoms with E-state index in [1.54, 1.807) is 4.68 Å². The summed E-state index contributed by atoms with van der Waals surface area (Å²) in [5.41, 5.74) is 1.82. The van der Waals surface area contributed by atoms with Gasteiger partial charge in [-0.15, -0.1) is 0 Å². The minimum atomic E-state index is -0.773. The van der Waals surface area contributed by atoms with Gasteiger partial charge in [-0.1, -0.05) is 18.2 Å². The molecule has 1 aromatic carbocycles. The quantitative estimate of drug-likeness (QED) is 0.736. The highest BCUT2D eigenvalue weighted by Crippen LogP contribution is 2.33. The van der Waals surface area contributed by atoms with Gasteiger partial charge in [0.15, 0.2) is 0 Å². The molecule has 7 nitrogen and oxygen atoms in total. The molecule has 0 radical (unpaired) electrons. The van der Waals surface area contributed by atoms with Crippen molar-refractivity contribution in [2.45, 2.75) is 44.2 Å². The zero-order valence-electron chi connectivity index (χ0n) is 15.6. The minimum Gasteiger partial charge on any atom is -0.480 e. The number of hydrogen-bond donors (Lipinski definition) is 2. The Hall–Kier alpha value is -2.41. The van der Waals surface area contributed by atoms with Crippen molar-refractivity contribution in [3.05, 3.63) is 30.0 Å². The maximum atomic E-state index is 12.4. The van der Waals surface area contributed by atoms with Crippen LogP contribution in [-0.4, -0.2) is 56.8 Å². The van der Waals surface area contributed by atoms with Gasteiger partial charge in [0.2, 0.25) is 5.91 Å². The fourth-order valence-electron chi connectivity index (χ4n) is 4.00. The molecule has 0 atom stereocenters. The average molecular weight is 370 g/mol. The fourth-order valence-corrected chi connectivity index (χ4v) is 4.00. The number of rotatable bonds is 8. The summed E-state index contributed by atoms with van der Waals surface area (Å²) in [7, 11) is 1.89. The summed E-state index contributed by atoms with van der Waals surface area (Å²) in [5, 5.41) is 17.7. The minimum absolute atomic E-state index is 0.0192. The van der Waals surface area contributed by atoms with E-state index in [0.29, 0.717) is 5.92 Å². The van der Waals surface area contributed by atoms with Crippen molar-refractivity contribution in [2.24, 2.45) is 13.0 Å². The fraction of sp³-hybridized carbons (Fsp3) is 0.550. The van der Waals surface area contributed by atoms with Crippen molar-refractivity contribution in [1.29, 1.82) is 0 Å². The molecule has 2 aliphatic carbocycles. The summed E-state index contributed by atoms with van der Waals surface area (Å²) < 4.78 is 1.80. The molecular weight excluding hydrogens is 344 g/mol. The molecule has 144 valence electrons. The van der Waals surface area contributed by atoms with Crippen LogP contribution in [0.3, 0.4) is 0 Å². The summed E-state index contributed by atoms with van der Waals surface area (Å²) in [6, 6.07) is 8.31. The van der Waals surface area contributed by atoms with E-state index < -0.39 is 5.97 Å². The molecule has 2 aromatic rings. The number of hydrogen-bond acceptors (Lipinski definition) is 4. The van der Waals surface area contributed by atoms with E-state index in [0.717, 1.165) is 36.0 Å². The lowest BCUT2D eigenvalue weighted by Crippen LogP contribution is -2.55. The number of carbonyl (C=O) groups excluding carboxylic acids is 1. The molecule has 0 spiro atoms. The van der Waals surface area contributed by atoms with Crippen molar-refractivity contribution < 1.29 is 14.7 Å². The molecule has 0 aliphatic heterocycles. The number of carboxylic acids is 1. The van der Waals surface area contributed by atoms with Crippen molar-refractivity contribution in [1.82, 2.24) is 20.0 Å². The summed E-state index contributed by atoms with van der Waals surface area (Å²) in [5.74, 6) is -0.130. The van der Waals surface area contributed by atoms with Gasteiger partial charge in [0.1, 0.15) is 0 Å². The third kappa shape index (κ3) is 4.13. The van der Waals surface area contributed by atoms with Crippen LogP contribution in [0.5, 0.6) is 0 Å². The number of fused-ring (bicyclic) bond motifs is 1. The van der Waals surface area contributed by atoms with Crippen LogP contribution in [0.15, 0.2) is 24.3 Å². The molecule has 4 rings (SSSR count). The lowest BCUT2D eigenvalue weighted by atomic mass is 9.85. The topological polar surface area (TPSA) is 87.5 Å². The number of nitrogens with zero attached hydrogens (tertiary/aromatic N) is 3. The molecule has 1 aromatic heterocycles. The van der Waals surface area contributed by atoms with Gasteiger partial charge >= 0.3 is 5.97 Å². The van der Waals surface area contributed by atoms with E-state index in [2.05, 4.69) is 15.3 Å². The molecule has 0 bridgehead atoms. The average Bonchev–Trinajstić information content (AvgIpc) is 3.34. The van der Waals surface area contributed by atoms with Gasteiger partial charge < -0.3 is 10.4 Å². The number of para-hydroxylation sites is 1. The summed E-state index contributed by atoms with van der Waals surface area (Å²) in [4.78, 5) is 25.6. The van der Waals surface area contributed by atoms with Crippen LogP contribution in [-0.2, 0) is 23.1 Å². The van der Waals surface area contributed by atoms with Crippen LogP contribution in [0.2, 0.25) is 0 Å². The molecule has 0 unspecified atom stereocenters. The molecule has 2 aliphatic rings. The molecule has 7 heteroatoms. The molecule has 2 fully saturated rings. The van der Waals surface area contributed by atoms with Gasteiger partial charge in [-0.3, -0.25) is 19.2 Å². The van der Waals surface area contributed by atoms with E-state index in [-0.39, 0.29) is 31.0 Å². The number of nitrogens with one attached hydrogen (secondary N) is 1.